The molecule has 2 aromatic carbocycles. The second kappa shape index (κ2) is 5.93. The Labute approximate surface area is 129 Å². The molecule has 1 nitrogen and oxygen atoms in total. The molecule has 1 heterocycles. The smallest absolute Gasteiger partial charge is 0.449 e. The molecular weight excluding hydrogens is 309 g/mol. The molecule has 0 saturated heterocycles. The molecule has 0 aliphatic rings. The lowest BCUT2D eigenvalue weighted by Crippen LogP contribution is -1.97. The Bertz CT molecular complexity index is 692. The van der Waals surface area contributed by atoms with Crippen molar-refractivity contribution in [1.82, 2.24) is 0 Å². The van der Waals surface area contributed by atoms with Crippen LogP contribution in [0.3, 0.4) is 0 Å². The van der Waals surface area contributed by atoms with E-state index in [1.54, 1.807) is 0 Å². The Morgan fingerprint density at radius 3 is 1.86 bits per heavy atom. The number of rotatable bonds is 3. The predicted molar refractivity (Wildman–Crippen MR) is 81.5 cm³/mol. The molecular formula is C17H11F3OS. The van der Waals surface area contributed by atoms with Gasteiger partial charge in [-0.1, -0.05) is 60.7 Å². The van der Waals surface area contributed by atoms with Crippen LogP contribution in [0, 0.1) is 0 Å². The third-order valence-corrected chi connectivity index (χ3v) is 3.68. The molecule has 0 saturated carbocycles. The minimum atomic E-state index is -4.38. The van der Waals surface area contributed by atoms with E-state index in [1.807, 2.05) is 60.7 Å². The van der Waals surface area contributed by atoms with Gasteiger partial charge >= 0.3 is 5.51 Å². The first-order chi connectivity index (χ1) is 10.5. The highest BCUT2D eigenvalue weighted by atomic mass is 32.2. The van der Waals surface area contributed by atoms with Gasteiger partial charge in [0.25, 0.3) is 0 Å². The van der Waals surface area contributed by atoms with E-state index in [2.05, 4.69) is 0 Å². The van der Waals surface area contributed by atoms with Crippen LogP contribution in [0.15, 0.2) is 76.2 Å². The Morgan fingerprint density at radius 2 is 1.32 bits per heavy atom. The van der Waals surface area contributed by atoms with Gasteiger partial charge < -0.3 is 4.42 Å². The minimum absolute atomic E-state index is 0.162. The van der Waals surface area contributed by atoms with E-state index in [9.17, 15) is 13.2 Å². The molecule has 0 amide bonds. The van der Waals surface area contributed by atoms with E-state index in [4.69, 9.17) is 4.42 Å². The summed E-state index contributed by atoms with van der Waals surface area (Å²) in [6.45, 7) is 0. The number of hydrogen-bond acceptors (Lipinski definition) is 2. The maximum atomic E-state index is 12.6. The molecule has 0 unspecified atom stereocenters. The summed E-state index contributed by atoms with van der Waals surface area (Å²) < 4.78 is 43.2. The molecule has 0 radical (unpaired) electrons. The van der Waals surface area contributed by atoms with Gasteiger partial charge in [0.05, 0.1) is 0 Å². The summed E-state index contributed by atoms with van der Waals surface area (Å²) in [6, 6.07) is 19.8. The molecule has 0 spiro atoms. The van der Waals surface area contributed by atoms with Crippen LogP contribution in [0.25, 0.3) is 22.5 Å². The molecule has 0 aliphatic carbocycles. The molecule has 22 heavy (non-hydrogen) atoms. The third-order valence-electron chi connectivity index (χ3n) is 3.05. The Kier molecular flexibility index (Phi) is 3.98. The average molecular weight is 320 g/mol. The predicted octanol–water partition coefficient (Wildman–Crippen LogP) is 6.23. The summed E-state index contributed by atoms with van der Waals surface area (Å²) in [4.78, 5) is 0. The van der Waals surface area contributed by atoms with Gasteiger partial charge in [-0.15, -0.1) is 0 Å². The van der Waals surface area contributed by atoms with E-state index in [0.717, 1.165) is 11.1 Å². The fourth-order valence-electron chi connectivity index (χ4n) is 2.17. The van der Waals surface area contributed by atoms with Crippen LogP contribution in [-0.4, -0.2) is 5.51 Å². The van der Waals surface area contributed by atoms with Crippen molar-refractivity contribution in [3.8, 4) is 22.5 Å². The lowest BCUT2D eigenvalue weighted by molar-refractivity contribution is -0.0334. The molecule has 5 heteroatoms. The van der Waals surface area contributed by atoms with Crippen LogP contribution in [0.1, 0.15) is 0 Å². The highest BCUT2D eigenvalue weighted by molar-refractivity contribution is 8.00. The Hall–Kier alpha value is -2.14. The van der Waals surface area contributed by atoms with E-state index < -0.39 is 5.51 Å². The number of halogens is 3. The van der Waals surface area contributed by atoms with Crippen molar-refractivity contribution in [2.45, 2.75) is 10.6 Å². The van der Waals surface area contributed by atoms with Gasteiger partial charge in [0.15, 0.2) is 5.09 Å². The fourth-order valence-corrected chi connectivity index (χ4v) is 2.70. The lowest BCUT2D eigenvalue weighted by Gasteiger charge is -2.03. The maximum Gasteiger partial charge on any atom is 0.449 e. The van der Waals surface area contributed by atoms with Gasteiger partial charge in [-0.05, 0) is 11.6 Å². The SMILES string of the molecule is FC(F)(F)Sc1cc(-c2ccccc2)c(-c2ccccc2)o1. The number of thioether (sulfide) groups is 1. The highest BCUT2D eigenvalue weighted by Crippen LogP contribution is 2.43. The first-order valence-corrected chi connectivity index (χ1v) is 7.35. The van der Waals surface area contributed by atoms with Crippen molar-refractivity contribution in [1.29, 1.82) is 0 Å². The number of alkyl halides is 3. The van der Waals surface area contributed by atoms with Gasteiger partial charge in [-0.25, -0.2) is 0 Å². The van der Waals surface area contributed by atoms with Gasteiger partial charge in [0, 0.05) is 22.9 Å². The maximum absolute atomic E-state index is 12.6. The van der Waals surface area contributed by atoms with Crippen LogP contribution in [0.5, 0.6) is 0 Å². The summed E-state index contributed by atoms with van der Waals surface area (Å²) in [6.07, 6.45) is 0. The lowest BCUT2D eigenvalue weighted by atomic mass is 10.0. The normalized spacial score (nSPS) is 11.6. The monoisotopic (exact) mass is 320 g/mol. The summed E-state index contributed by atoms with van der Waals surface area (Å²) in [5.41, 5.74) is -2.16. The van der Waals surface area contributed by atoms with Crippen molar-refractivity contribution in [2.75, 3.05) is 0 Å². The molecule has 0 bridgehead atoms. The molecule has 3 rings (SSSR count). The van der Waals surface area contributed by atoms with Crippen molar-refractivity contribution >= 4 is 11.8 Å². The van der Waals surface area contributed by atoms with Crippen molar-refractivity contribution in [2.24, 2.45) is 0 Å². The quantitative estimate of drug-likeness (QED) is 0.531. The van der Waals surface area contributed by atoms with E-state index in [0.29, 0.717) is 11.3 Å². The molecule has 1 aromatic heterocycles. The molecule has 0 fully saturated rings. The van der Waals surface area contributed by atoms with Crippen LogP contribution in [0.2, 0.25) is 0 Å². The van der Waals surface area contributed by atoms with E-state index in [-0.39, 0.29) is 16.9 Å². The second-order valence-electron chi connectivity index (χ2n) is 4.59. The number of hydrogen-bond donors (Lipinski definition) is 0. The zero-order valence-corrected chi connectivity index (χ0v) is 12.1. The standard InChI is InChI=1S/C17H11F3OS/c18-17(19,20)22-15-11-14(12-7-3-1-4-8-12)16(21-15)13-9-5-2-6-10-13/h1-11H. The van der Waals surface area contributed by atoms with Gasteiger partial charge in [-0.2, -0.15) is 13.2 Å². The van der Waals surface area contributed by atoms with Crippen LogP contribution in [-0.2, 0) is 0 Å². The summed E-state index contributed by atoms with van der Waals surface area (Å²) in [5.74, 6) is 0.443. The fraction of sp³-hybridized carbons (Fsp3) is 0.0588. The van der Waals surface area contributed by atoms with Crippen molar-refractivity contribution in [3.63, 3.8) is 0 Å². The molecule has 0 aliphatic heterocycles. The Balaban J connectivity index is 2.11. The summed E-state index contributed by atoms with van der Waals surface area (Å²) in [7, 11) is 0. The first-order valence-electron chi connectivity index (χ1n) is 6.53. The average Bonchev–Trinajstić information content (AvgIpc) is 2.91. The zero-order chi connectivity index (χ0) is 15.6. The van der Waals surface area contributed by atoms with Crippen LogP contribution >= 0.6 is 11.8 Å². The number of benzene rings is 2. The van der Waals surface area contributed by atoms with E-state index in [1.165, 1.54) is 6.07 Å². The van der Waals surface area contributed by atoms with Crippen molar-refractivity contribution in [3.05, 3.63) is 66.7 Å². The van der Waals surface area contributed by atoms with Gasteiger partial charge in [0.2, 0.25) is 0 Å². The minimum Gasteiger partial charge on any atom is -0.449 e. The molecule has 0 atom stereocenters. The zero-order valence-electron chi connectivity index (χ0n) is 11.3. The largest absolute Gasteiger partial charge is 0.449 e. The molecule has 0 N–H and O–H groups in total. The summed E-state index contributed by atoms with van der Waals surface area (Å²) >= 11 is -0.242. The summed E-state index contributed by atoms with van der Waals surface area (Å²) in [5, 5.41) is -0.162. The van der Waals surface area contributed by atoms with Gasteiger partial charge in [-0.3, -0.25) is 0 Å². The molecule has 3 aromatic rings. The highest BCUT2D eigenvalue weighted by Gasteiger charge is 2.32. The molecule has 112 valence electrons. The topological polar surface area (TPSA) is 13.1 Å². The number of furan rings is 1. The first kappa shape index (κ1) is 14.8. The third kappa shape index (κ3) is 3.36. The van der Waals surface area contributed by atoms with Crippen LogP contribution in [0.4, 0.5) is 13.2 Å². The van der Waals surface area contributed by atoms with Gasteiger partial charge in [0.1, 0.15) is 5.76 Å². The Morgan fingerprint density at radius 1 is 0.773 bits per heavy atom. The van der Waals surface area contributed by atoms with Crippen LogP contribution < -0.4 is 0 Å². The van der Waals surface area contributed by atoms with E-state index >= 15 is 0 Å². The van der Waals surface area contributed by atoms with Crippen molar-refractivity contribution < 1.29 is 17.6 Å². The second-order valence-corrected chi connectivity index (χ2v) is 5.66.